The highest BCUT2D eigenvalue weighted by atomic mass is 14.8. The average molecular weight is 616 g/mol. The smallest absolute Gasteiger partial charge is 0.0737 e. The normalized spacial score (nSPS) is 12.0. The summed E-state index contributed by atoms with van der Waals surface area (Å²) < 4.78 is 0. The molecule has 7 aromatic rings. The molecular formula is C43H29N5. The van der Waals surface area contributed by atoms with Crippen LogP contribution in [0.4, 0.5) is 5.69 Å². The zero-order chi connectivity index (χ0) is 31.9. The van der Waals surface area contributed by atoms with Gasteiger partial charge < -0.3 is 9.97 Å². The molecular weight excluding hydrogens is 587 g/mol. The molecule has 5 heteroatoms. The van der Waals surface area contributed by atoms with Gasteiger partial charge in [-0.05, 0) is 71.3 Å². The number of hydrogen-bond donors (Lipinski definition) is 2. The lowest BCUT2D eigenvalue weighted by atomic mass is 10.0. The van der Waals surface area contributed by atoms with Gasteiger partial charge in [-0.25, -0.2) is 4.98 Å². The Morgan fingerprint density at radius 3 is 1.44 bits per heavy atom. The fourth-order valence-electron chi connectivity index (χ4n) is 6.74. The lowest BCUT2D eigenvalue weighted by Gasteiger charge is -2.06. The minimum Gasteiger partial charge on any atom is -0.354 e. The van der Waals surface area contributed by atoms with Crippen molar-refractivity contribution in [1.29, 1.82) is 0 Å². The van der Waals surface area contributed by atoms with Crippen LogP contribution in [0.5, 0.6) is 0 Å². The number of nitrogens with zero attached hydrogens (tertiary/aromatic N) is 3. The SMILES string of the molecule is C1=Cc2nc1c(-c1ccccc1)c1ccc([nH]1)c(-c1ccccn1)c1cc(c(-c3ccccc3)c3ccc([nH]3)c2-c2ccccc2)N=C1. The van der Waals surface area contributed by atoms with Gasteiger partial charge in [-0.2, -0.15) is 0 Å². The number of rotatable bonds is 4. The van der Waals surface area contributed by atoms with Gasteiger partial charge in [0.05, 0.1) is 22.8 Å². The average Bonchev–Trinajstić information content (AvgIpc) is 3.98. The van der Waals surface area contributed by atoms with Crippen molar-refractivity contribution < 1.29 is 0 Å². The third-order valence-electron chi connectivity index (χ3n) is 8.89. The van der Waals surface area contributed by atoms with E-state index in [-0.39, 0.29) is 0 Å². The molecule has 0 fully saturated rings. The lowest BCUT2D eigenvalue weighted by molar-refractivity contribution is 1.32. The molecule has 6 heterocycles. The number of H-pyrrole nitrogens is 2. The third-order valence-corrected chi connectivity index (χ3v) is 8.89. The Kier molecular flexibility index (Phi) is 6.72. The van der Waals surface area contributed by atoms with Gasteiger partial charge in [0.15, 0.2) is 0 Å². The molecule has 9 rings (SSSR count). The largest absolute Gasteiger partial charge is 0.354 e. The summed E-state index contributed by atoms with van der Waals surface area (Å²) in [4.78, 5) is 22.7. The predicted molar refractivity (Wildman–Crippen MR) is 199 cm³/mol. The Labute approximate surface area is 277 Å². The molecule has 2 aliphatic rings. The quantitative estimate of drug-likeness (QED) is 0.207. The second-order valence-corrected chi connectivity index (χ2v) is 11.8. The van der Waals surface area contributed by atoms with E-state index >= 15 is 0 Å². The van der Waals surface area contributed by atoms with E-state index in [4.69, 9.17) is 15.0 Å². The van der Waals surface area contributed by atoms with Crippen molar-refractivity contribution in [1.82, 2.24) is 19.9 Å². The van der Waals surface area contributed by atoms with E-state index in [0.717, 1.165) is 89.3 Å². The zero-order valence-electron chi connectivity index (χ0n) is 25.9. The van der Waals surface area contributed by atoms with Gasteiger partial charge in [0.25, 0.3) is 0 Å². The van der Waals surface area contributed by atoms with Gasteiger partial charge in [0, 0.05) is 62.3 Å². The maximum absolute atomic E-state index is 5.34. The highest BCUT2D eigenvalue weighted by molar-refractivity contribution is 6.04. The van der Waals surface area contributed by atoms with Crippen LogP contribution in [0.1, 0.15) is 17.0 Å². The number of aromatic nitrogens is 4. The maximum atomic E-state index is 5.34. The van der Waals surface area contributed by atoms with Gasteiger partial charge in [-0.1, -0.05) is 97.1 Å². The summed E-state index contributed by atoms with van der Waals surface area (Å²) in [6.07, 6.45) is 8.04. The molecule has 0 radical (unpaired) electrons. The standard InChI is InChI=1S/C43H29N5/c1-4-12-28(13-5-1)40-33-19-20-34(46-33)41(29-14-6-2-7-15-29)36-22-24-38(48-36)43(32-18-10-11-25-44-32)31-26-39(45-27-31)42(30-16-8-3-9-17-30)37-23-21-35(40)47-37/h1-27,47-48H. The van der Waals surface area contributed by atoms with Crippen LogP contribution >= 0.6 is 0 Å². The van der Waals surface area contributed by atoms with Crippen LogP contribution in [0.3, 0.4) is 0 Å². The topological polar surface area (TPSA) is 69.7 Å². The van der Waals surface area contributed by atoms with Crippen molar-refractivity contribution in [3.05, 3.63) is 163 Å². The number of nitrogens with one attached hydrogen (secondary N) is 2. The van der Waals surface area contributed by atoms with E-state index in [1.807, 2.05) is 48.8 Å². The molecule has 3 aromatic carbocycles. The highest BCUT2D eigenvalue weighted by Gasteiger charge is 2.18. The van der Waals surface area contributed by atoms with E-state index in [2.05, 4.69) is 125 Å². The van der Waals surface area contributed by atoms with Crippen LogP contribution in [0.15, 0.2) is 151 Å². The number of fused-ring (bicyclic) bond motifs is 8. The van der Waals surface area contributed by atoms with Crippen molar-refractivity contribution in [3.8, 4) is 44.6 Å². The lowest BCUT2D eigenvalue weighted by Crippen LogP contribution is -1.89. The minimum atomic E-state index is 0.867. The molecule has 226 valence electrons. The first-order valence-electron chi connectivity index (χ1n) is 16.0. The summed E-state index contributed by atoms with van der Waals surface area (Å²) >= 11 is 0. The Bertz CT molecular complexity index is 2180. The predicted octanol–water partition coefficient (Wildman–Crippen LogP) is 10.9. The number of aromatic amines is 2. The van der Waals surface area contributed by atoms with Crippen molar-refractivity contribution >= 4 is 46.1 Å². The van der Waals surface area contributed by atoms with E-state index in [1.54, 1.807) is 0 Å². The molecule has 2 N–H and O–H groups in total. The molecule has 0 saturated heterocycles. The first-order valence-corrected chi connectivity index (χ1v) is 16.0. The number of hydrogen-bond acceptors (Lipinski definition) is 3. The summed E-state index contributed by atoms with van der Waals surface area (Å²) in [6, 6.07) is 48.2. The molecule has 2 aliphatic heterocycles. The molecule has 48 heavy (non-hydrogen) atoms. The number of aliphatic imine (C=N–C) groups is 1. The van der Waals surface area contributed by atoms with Crippen LogP contribution in [0, 0.1) is 0 Å². The second-order valence-electron chi connectivity index (χ2n) is 11.8. The molecule has 0 amide bonds. The van der Waals surface area contributed by atoms with E-state index in [0.29, 0.717) is 0 Å². The molecule has 5 nitrogen and oxygen atoms in total. The van der Waals surface area contributed by atoms with Crippen LogP contribution < -0.4 is 0 Å². The maximum Gasteiger partial charge on any atom is 0.0737 e. The monoisotopic (exact) mass is 615 g/mol. The summed E-state index contributed by atoms with van der Waals surface area (Å²) in [5.74, 6) is 0. The van der Waals surface area contributed by atoms with Gasteiger partial charge in [-0.15, -0.1) is 0 Å². The summed E-state index contributed by atoms with van der Waals surface area (Å²) in [5.41, 5.74) is 15.7. The van der Waals surface area contributed by atoms with Gasteiger partial charge in [0.1, 0.15) is 0 Å². The fourth-order valence-corrected chi connectivity index (χ4v) is 6.74. The van der Waals surface area contributed by atoms with Gasteiger partial charge in [0.2, 0.25) is 0 Å². The molecule has 8 bridgehead atoms. The summed E-state index contributed by atoms with van der Waals surface area (Å²) in [7, 11) is 0. The van der Waals surface area contributed by atoms with Gasteiger partial charge >= 0.3 is 0 Å². The Hall–Kier alpha value is -6.59. The number of pyridine rings is 1. The summed E-state index contributed by atoms with van der Waals surface area (Å²) in [5, 5.41) is 0. The van der Waals surface area contributed by atoms with Crippen molar-refractivity contribution in [2.45, 2.75) is 0 Å². The molecule has 0 saturated carbocycles. The second kappa shape index (κ2) is 11.6. The van der Waals surface area contributed by atoms with Crippen molar-refractivity contribution in [2.24, 2.45) is 4.99 Å². The molecule has 0 unspecified atom stereocenters. The van der Waals surface area contributed by atoms with Crippen LogP contribution in [0.25, 0.3) is 78.9 Å². The fraction of sp³-hybridized carbons (Fsp3) is 0. The highest BCUT2D eigenvalue weighted by Crippen LogP contribution is 2.40. The van der Waals surface area contributed by atoms with E-state index in [1.165, 1.54) is 0 Å². The van der Waals surface area contributed by atoms with Crippen LogP contribution in [-0.2, 0) is 0 Å². The molecule has 0 atom stereocenters. The molecule has 4 aromatic heterocycles. The Morgan fingerprint density at radius 1 is 0.438 bits per heavy atom. The van der Waals surface area contributed by atoms with E-state index < -0.39 is 0 Å². The van der Waals surface area contributed by atoms with E-state index in [9.17, 15) is 0 Å². The van der Waals surface area contributed by atoms with Crippen molar-refractivity contribution in [3.63, 3.8) is 0 Å². The molecule has 0 spiro atoms. The first kappa shape index (κ1) is 27.7. The van der Waals surface area contributed by atoms with Crippen LogP contribution in [-0.4, -0.2) is 26.2 Å². The number of benzene rings is 3. The first-order chi connectivity index (χ1) is 23.8. The Balaban J connectivity index is 1.49. The zero-order valence-corrected chi connectivity index (χ0v) is 25.9. The minimum absolute atomic E-state index is 0.867. The third kappa shape index (κ3) is 4.86. The summed E-state index contributed by atoms with van der Waals surface area (Å²) in [6.45, 7) is 0. The van der Waals surface area contributed by atoms with Gasteiger partial charge in [-0.3, -0.25) is 9.98 Å². The van der Waals surface area contributed by atoms with Crippen molar-refractivity contribution in [2.75, 3.05) is 0 Å². The van der Waals surface area contributed by atoms with Crippen LogP contribution in [0.2, 0.25) is 0 Å². The molecule has 0 aliphatic carbocycles. The Morgan fingerprint density at radius 2 is 0.917 bits per heavy atom.